The van der Waals surface area contributed by atoms with E-state index < -0.39 is 5.97 Å². The fraction of sp³-hybridized carbons (Fsp3) is 0.333. The maximum Gasteiger partial charge on any atom is 0.351 e. The Hall–Kier alpha value is -1.97. The van der Waals surface area contributed by atoms with Crippen molar-refractivity contribution in [3.63, 3.8) is 0 Å². The van der Waals surface area contributed by atoms with Gasteiger partial charge in [-0.25, -0.2) is 4.79 Å². The number of benzene rings is 1. The molecule has 0 amide bonds. The molecule has 112 valence electrons. The van der Waals surface area contributed by atoms with Crippen molar-refractivity contribution < 1.29 is 14.3 Å². The molecule has 1 N–H and O–H groups in total. The first kappa shape index (κ1) is 17.1. The average molecular weight is 306 g/mol. The summed E-state index contributed by atoms with van der Waals surface area (Å²) in [5, 5.41) is 12.8. The third-order valence-corrected chi connectivity index (χ3v) is 3.32. The van der Waals surface area contributed by atoms with Crippen LogP contribution in [0.5, 0.6) is 0 Å². The number of ether oxygens (including phenoxy) is 2. The highest BCUT2D eigenvalue weighted by molar-refractivity contribution is 8.02. The van der Waals surface area contributed by atoms with Crippen LogP contribution < -0.4 is 5.32 Å². The fourth-order valence-electron chi connectivity index (χ4n) is 1.52. The predicted molar refractivity (Wildman–Crippen MR) is 82.3 cm³/mol. The number of hydrogen-bond acceptors (Lipinski definition) is 6. The van der Waals surface area contributed by atoms with E-state index in [0.717, 1.165) is 5.56 Å². The van der Waals surface area contributed by atoms with Gasteiger partial charge in [0.15, 0.2) is 5.57 Å². The Balaban J connectivity index is 2.72. The average Bonchev–Trinajstić information content (AvgIpc) is 2.52. The number of esters is 1. The molecule has 21 heavy (non-hydrogen) atoms. The van der Waals surface area contributed by atoms with Gasteiger partial charge in [0.1, 0.15) is 12.7 Å². The number of rotatable bonds is 8. The van der Waals surface area contributed by atoms with Crippen molar-refractivity contribution in [2.45, 2.75) is 6.54 Å². The molecule has 0 bridgehead atoms. The summed E-state index contributed by atoms with van der Waals surface area (Å²) in [6.07, 6.45) is 1.80. The molecule has 6 heteroatoms. The Bertz CT molecular complexity index is 523. The summed E-state index contributed by atoms with van der Waals surface area (Å²) >= 11 is 1.30. The Morgan fingerprint density at radius 2 is 2.05 bits per heavy atom. The normalized spacial score (nSPS) is 11.3. The summed E-state index contributed by atoms with van der Waals surface area (Å²) in [6, 6.07) is 11.6. The summed E-state index contributed by atoms with van der Waals surface area (Å²) in [5.41, 5.74) is 1.05. The minimum atomic E-state index is -0.639. The number of hydrogen-bond donors (Lipinski definition) is 1. The van der Waals surface area contributed by atoms with E-state index in [0.29, 0.717) is 18.2 Å². The van der Waals surface area contributed by atoms with Crippen molar-refractivity contribution in [1.29, 1.82) is 5.26 Å². The van der Waals surface area contributed by atoms with Crippen molar-refractivity contribution in [2.24, 2.45) is 0 Å². The molecule has 0 spiro atoms. The van der Waals surface area contributed by atoms with E-state index in [1.807, 2.05) is 36.4 Å². The molecule has 0 aromatic heterocycles. The molecule has 0 atom stereocenters. The molecule has 0 unspecified atom stereocenters. The Labute approximate surface area is 128 Å². The number of thioether (sulfide) groups is 1. The summed E-state index contributed by atoms with van der Waals surface area (Å²) < 4.78 is 9.77. The van der Waals surface area contributed by atoms with E-state index in [2.05, 4.69) is 5.32 Å². The second-order valence-electron chi connectivity index (χ2n) is 3.99. The van der Waals surface area contributed by atoms with Crippen LogP contribution >= 0.6 is 11.8 Å². The number of nitrogens with zero attached hydrogens (tertiary/aromatic N) is 1. The molecule has 1 rings (SSSR count). The third kappa shape index (κ3) is 5.90. The van der Waals surface area contributed by atoms with Crippen LogP contribution in [0.1, 0.15) is 5.56 Å². The van der Waals surface area contributed by atoms with Crippen LogP contribution in [-0.4, -0.2) is 32.5 Å². The van der Waals surface area contributed by atoms with Crippen LogP contribution in [-0.2, 0) is 20.8 Å². The molecule has 0 radical (unpaired) electrons. The van der Waals surface area contributed by atoms with Crippen LogP contribution in [0.3, 0.4) is 0 Å². The molecule has 1 aromatic carbocycles. The maximum atomic E-state index is 11.8. The van der Waals surface area contributed by atoms with Gasteiger partial charge in [0.25, 0.3) is 0 Å². The van der Waals surface area contributed by atoms with Crippen LogP contribution in [0, 0.1) is 11.3 Å². The minimum absolute atomic E-state index is 0.0189. The van der Waals surface area contributed by atoms with E-state index >= 15 is 0 Å². The van der Waals surface area contributed by atoms with Gasteiger partial charge in [-0.05, 0) is 11.8 Å². The van der Waals surface area contributed by atoms with Gasteiger partial charge in [0, 0.05) is 13.7 Å². The summed E-state index contributed by atoms with van der Waals surface area (Å²) in [6.45, 7) is 0.963. The molecule has 0 aliphatic rings. The van der Waals surface area contributed by atoms with Gasteiger partial charge < -0.3 is 14.8 Å². The standard InChI is InChI=1S/C15H18N2O3S/c1-19-8-9-20-15(18)13(10-16)14(21-2)17-11-12-6-4-3-5-7-12/h3-7,17H,8-9,11H2,1-2H3/b14-13-. The highest BCUT2D eigenvalue weighted by Crippen LogP contribution is 2.16. The van der Waals surface area contributed by atoms with Crippen LogP contribution in [0.15, 0.2) is 40.9 Å². The highest BCUT2D eigenvalue weighted by Gasteiger charge is 2.16. The zero-order chi connectivity index (χ0) is 15.5. The van der Waals surface area contributed by atoms with Gasteiger partial charge in [0.2, 0.25) is 0 Å². The van der Waals surface area contributed by atoms with Crippen molar-refractivity contribution >= 4 is 17.7 Å². The molecule has 5 nitrogen and oxygen atoms in total. The SMILES string of the molecule is COCCOC(=O)/C(C#N)=C(/NCc1ccccc1)SC. The van der Waals surface area contributed by atoms with Crippen LogP contribution in [0.4, 0.5) is 0 Å². The van der Waals surface area contributed by atoms with Gasteiger partial charge in [-0.15, -0.1) is 11.8 Å². The maximum absolute atomic E-state index is 11.8. The quantitative estimate of drug-likeness (QED) is 0.343. The number of carbonyl (C=O) groups is 1. The lowest BCUT2D eigenvalue weighted by Crippen LogP contribution is -2.18. The summed E-state index contributed by atoms with van der Waals surface area (Å²) in [4.78, 5) is 11.8. The molecular formula is C15H18N2O3S. The Morgan fingerprint density at radius 3 is 2.62 bits per heavy atom. The number of nitrogens with one attached hydrogen (secondary N) is 1. The van der Waals surface area contributed by atoms with Crippen molar-refractivity contribution in [2.75, 3.05) is 26.6 Å². The molecule has 0 saturated heterocycles. The van der Waals surface area contributed by atoms with Crippen molar-refractivity contribution in [3.8, 4) is 6.07 Å². The summed E-state index contributed by atoms with van der Waals surface area (Å²) in [5.74, 6) is -0.639. The summed E-state index contributed by atoms with van der Waals surface area (Å²) in [7, 11) is 1.52. The number of carbonyl (C=O) groups excluding carboxylic acids is 1. The van der Waals surface area contributed by atoms with Crippen molar-refractivity contribution in [3.05, 3.63) is 46.5 Å². The zero-order valence-corrected chi connectivity index (χ0v) is 12.9. The number of nitriles is 1. The van der Waals surface area contributed by atoms with E-state index in [1.54, 1.807) is 6.26 Å². The van der Waals surface area contributed by atoms with Gasteiger partial charge in [-0.3, -0.25) is 0 Å². The first-order chi connectivity index (χ1) is 10.2. The molecule has 0 aliphatic carbocycles. The van der Waals surface area contributed by atoms with Gasteiger partial charge >= 0.3 is 5.97 Å². The first-order valence-corrected chi connectivity index (χ1v) is 7.57. The number of methoxy groups -OCH3 is 1. The van der Waals surface area contributed by atoms with Gasteiger partial charge in [0.05, 0.1) is 11.6 Å². The fourth-order valence-corrected chi connectivity index (χ4v) is 2.07. The lowest BCUT2D eigenvalue weighted by Gasteiger charge is -2.11. The lowest BCUT2D eigenvalue weighted by atomic mass is 10.2. The molecule has 0 heterocycles. The van der Waals surface area contributed by atoms with E-state index in [1.165, 1.54) is 18.9 Å². The Kier molecular flexibility index (Phi) is 8.02. The minimum Gasteiger partial charge on any atom is -0.459 e. The predicted octanol–water partition coefficient (Wildman–Crippen LogP) is 2.06. The largest absolute Gasteiger partial charge is 0.459 e. The van der Waals surface area contributed by atoms with Crippen LogP contribution in [0.25, 0.3) is 0 Å². The second-order valence-corrected chi connectivity index (χ2v) is 4.80. The van der Waals surface area contributed by atoms with Gasteiger partial charge in [-0.1, -0.05) is 30.3 Å². The monoisotopic (exact) mass is 306 g/mol. The molecule has 0 saturated carbocycles. The molecular weight excluding hydrogens is 288 g/mol. The van der Waals surface area contributed by atoms with Crippen molar-refractivity contribution in [1.82, 2.24) is 5.32 Å². The first-order valence-electron chi connectivity index (χ1n) is 6.35. The van der Waals surface area contributed by atoms with E-state index in [4.69, 9.17) is 14.7 Å². The third-order valence-electron chi connectivity index (χ3n) is 2.56. The molecule has 1 aromatic rings. The molecule has 0 fully saturated rings. The second kappa shape index (κ2) is 9.86. The lowest BCUT2D eigenvalue weighted by molar-refractivity contribution is -0.139. The van der Waals surface area contributed by atoms with Gasteiger partial charge in [-0.2, -0.15) is 5.26 Å². The van der Waals surface area contributed by atoms with E-state index in [9.17, 15) is 4.79 Å². The smallest absolute Gasteiger partial charge is 0.351 e. The van der Waals surface area contributed by atoms with Crippen LogP contribution in [0.2, 0.25) is 0 Å². The highest BCUT2D eigenvalue weighted by atomic mass is 32.2. The topological polar surface area (TPSA) is 71.3 Å². The Morgan fingerprint density at radius 1 is 1.33 bits per heavy atom. The molecule has 0 aliphatic heterocycles. The zero-order valence-electron chi connectivity index (χ0n) is 12.1. The van der Waals surface area contributed by atoms with E-state index in [-0.39, 0.29) is 12.2 Å².